The lowest BCUT2D eigenvalue weighted by atomic mass is 10.1. The Morgan fingerprint density at radius 2 is 2.31 bits per heavy atom. The van der Waals surface area contributed by atoms with Crippen LogP contribution in [0, 0.1) is 6.92 Å². The normalized spacial score (nSPS) is 21.9. The molecule has 1 fully saturated rings. The summed E-state index contributed by atoms with van der Waals surface area (Å²) >= 11 is 0. The van der Waals surface area contributed by atoms with Gasteiger partial charge in [-0.25, -0.2) is 0 Å². The molecule has 0 amide bonds. The Labute approximate surface area is 96.9 Å². The van der Waals surface area contributed by atoms with Crippen LogP contribution in [0.2, 0.25) is 0 Å². The molecular formula is C12H20N4. The zero-order chi connectivity index (χ0) is 11.4. The minimum absolute atomic E-state index is 0.429. The molecule has 1 aliphatic heterocycles. The molecule has 1 unspecified atom stereocenters. The van der Waals surface area contributed by atoms with Crippen molar-refractivity contribution in [3.05, 3.63) is 17.8 Å². The molecule has 1 saturated heterocycles. The Bertz CT molecular complexity index is 340. The first-order chi connectivity index (χ1) is 7.81. The number of aryl methyl sites for hydroxylation is 1. The van der Waals surface area contributed by atoms with E-state index in [1.54, 1.807) is 6.20 Å². The molecule has 0 aromatic carbocycles. The van der Waals surface area contributed by atoms with Crippen molar-refractivity contribution in [2.75, 3.05) is 18.0 Å². The van der Waals surface area contributed by atoms with Crippen molar-refractivity contribution >= 4 is 5.82 Å². The van der Waals surface area contributed by atoms with Crippen LogP contribution in [0.3, 0.4) is 0 Å². The summed E-state index contributed by atoms with van der Waals surface area (Å²) in [6, 6.07) is 2.53. The lowest BCUT2D eigenvalue weighted by molar-refractivity contribution is 0.573. The first-order valence-corrected chi connectivity index (χ1v) is 6.07. The van der Waals surface area contributed by atoms with E-state index < -0.39 is 0 Å². The van der Waals surface area contributed by atoms with Crippen LogP contribution in [0.25, 0.3) is 0 Å². The van der Waals surface area contributed by atoms with E-state index in [1.165, 1.54) is 25.7 Å². The van der Waals surface area contributed by atoms with Crippen LogP contribution in [-0.2, 0) is 0 Å². The quantitative estimate of drug-likeness (QED) is 0.820. The molecule has 0 radical (unpaired) electrons. The number of hydrogen-bond donors (Lipinski definition) is 1. The van der Waals surface area contributed by atoms with E-state index in [4.69, 9.17) is 5.73 Å². The van der Waals surface area contributed by atoms with Gasteiger partial charge in [0.1, 0.15) is 0 Å². The van der Waals surface area contributed by atoms with Crippen LogP contribution in [0.4, 0.5) is 5.82 Å². The highest BCUT2D eigenvalue weighted by molar-refractivity contribution is 5.40. The Balaban J connectivity index is 2.21. The van der Waals surface area contributed by atoms with E-state index in [0.717, 1.165) is 17.9 Å². The number of rotatable bonds is 2. The standard InChI is InChI=1S/C12H20N4/c1-10-7-12(15-14-9-10)16-6-4-2-3-5-11(16)8-13/h7,9,11H,2-6,8,13H2,1H3. The molecule has 4 heteroatoms. The molecule has 0 bridgehead atoms. The van der Waals surface area contributed by atoms with Crippen molar-refractivity contribution in [1.82, 2.24) is 10.2 Å². The Morgan fingerprint density at radius 1 is 1.44 bits per heavy atom. The molecule has 88 valence electrons. The molecule has 0 spiro atoms. The van der Waals surface area contributed by atoms with Gasteiger partial charge in [-0.1, -0.05) is 12.8 Å². The van der Waals surface area contributed by atoms with Gasteiger partial charge < -0.3 is 10.6 Å². The molecular weight excluding hydrogens is 200 g/mol. The van der Waals surface area contributed by atoms with Gasteiger partial charge in [-0.3, -0.25) is 0 Å². The molecule has 0 aliphatic carbocycles. The van der Waals surface area contributed by atoms with E-state index >= 15 is 0 Å². The average Bonchev–Trinajstić information content (AvgIpc) is 2.53. The highest BCUT2D eigenvalue weighted by atomic mass is 15.3. The monoisotopic (exact) mass is 220 g/mol. The zero-order valence-electron chi connectivity index (χ0n) is 9.89. The van der Waals surface area contributed by atoms with Crippen molar-refractivity contribution in [3.63, 3.8) is 0 Å². The van der Waals surface area contributed by atoms with Crippen molar-refractivity contribution < 1.29 is 0 Å². The third kappa shape index (κ3) is 2.50. The maximum Gasteiger partial charge on any atom is 0.151 e. The Kier molecular flexibility index (Phi) is 3.72. The minimum Gasteiger partial charge on any atom is -0.351 e. The molecule has 2 heterocycles. The maximum atomic E-state index is 5.85. The van der Waals surface area contributed by atoms with E-state index in [9.17, 15) is 0 Å². The highest BCUT2D eigenvalue weighted by Gasteiger charge is 2.21. The maximum absolute atomic E-state index is 5.85. The fraction of sp³-hybridized carbons (Fsp3) is 0.667. The Hall–Kier alpha value is -1.16. The van der Waals surface area contributed by atoms with Crippen LogP contribution < -0.4 is 10.6 Å². The first-order valence-electron chi connectivity index (χ1n) is 6.07. The van der Waals surface area contributed by atoms with Gasteiger partial charge >= 0.3 is 0 Å². The van der Waals surface area contributed by atoms with E-state index in [0.29, 0.717) is 12.6 Å². The summed E-state index contributed by atoms with van der Waals surface area (Å²) in [5.41, 5.74) is 7.01. The van der Waals surface area contributed by atoms with Crippen molar-refractivity contribution in [1.29, 1.82) is 0 Å². The van der Waals surface area contributed by atoms with Gasteiger partial charge in [-0.15, -0.1) is 5.10 Å². The summed E-state index contributed by atoms with van der Waals surface area (Å²) in [5, 5.41) is 8.25. The smallest absolute Gasteiger partial charge is 0.151 e. The number of anilines is 1. The number of hydrogen-bond acceptors (Lipinski definition) is 4. The second kappa shape index (κ2) is 5.25. The SMILES string of the molecule is Cc1cnnc(N2CCCCCC2CN)c1. The van der Waals surface area contributed by atoms with E-state index in [1.807, 2.05) is 6.92 Å². The highest BCUT2D eigenvalue weighted by Crippen LogP contribution is 2.21. The molecule has 1 aromatic heterocycles. The van der Waals surface area contributed by atoms with Crippen LogP contribution in [-0.4, -0.2) is 29.3 Å². The predicted octanol–water partition coefficient (Wildman–Crippen LogP) is 1.49. The van der Waals surface area contributed by atoms with Crippen LogP contribution >= 0.6 is 0 Å². The van der Waals surface area contributed by atoms with Crippen LogP contribution in [0.1, 0.15) is 31.2 Å². The summed E-state index contributed by atoms with van der Waals surface area (Å²) in [7, 11) is 0. The lowest BCUT2D eigenvalue weighted by Crippen LogP contribution is -2.40. The van der Waals surface area contributed by atoms with Crippen molar-refractivity contribution in [2.24, 2.45) is 5.73 Å². The van der Waals surface area contributed by atoms with Gasteiger partial charge in [0, 0.05) is 19.1 Å². The average molecular weight is 220 g/mol. The minimum atomic E-state index is 0.429. The van der Waals surface area contributed by atoms with Gasteiger partial charge in [0.05, 0.1) is 6.20 Å². The second-order valence-corrected chi connectivity index (χ2v) is 4.52. The zero-order valence-corrected chi connectivity index (χ0v) is 9.89. The number of aromatic nitrogens is 2. The lowest BCUT2D eigenvalue weighted by Gasteiger charge is -2.29. The van der Waals surface area contributed by atoms with Gasteiger partial charge in [-0.05, 0) is 31.4 Å². The molecule has 16 heavy (non-hydrogen) atoms. The molecule has 1 aliphatic rings. The second-order valence-electron chi connectivity index (χ2n) is 4.52. The van der Waals surface area contributed by atoms with Gasteiger partial charge in [0.2, 0.25) is 0 Å². The fourth-order valence-electron chi connectivity index (χ4n) is 2.31. The van der Waals surface area contributed by atoms with Gasteiger partial charge in [0.25, 0.3) is 0 Å². The number of nitrogens with zero attached hydrogens (tertiary/aromatic N) is 3. The third-order valence-electron chi connectivity index (χ3n) is 3.22. The van der Waals surface area contributed by atoms with Gasteiger partial charge in [0.15, 0.2) is 5.82 Å². The predicted molar refractivity (Wildman–Crippen MR) is 65.4 cm³/mol. The first kappa shape index (κ1) is 11.3. The summed E-state index contributed by atoms with van der Waals surface area (Å²) in [5.74, 6) is 0.984. The third-order valence-corrected chi connectivity index (χ3v) is 3.22. The summed E-state index contributed by atoms with van der Waals surface area (Å²) in [6.45, 7) is 3.81. The van der Waals surface area contributed by atoms with Crippen LogP contribution in [0.15, 0.2) is 12.3 Å². The molecule has 1 aromatic rings. The summed E-state index contributed by atoms with van der Waals surface area (Å²) in [6.07, 6.45) is 6.76. The fourth-order valence-corrected chi connectivity index (χ4v) is 2.31. The molecule has 0 saturated carbocycles. The van der Waals surface area contributed by atoms with Crippen molar-refractivity contribution in [3.8, 4) is 0 Å². The van der Waals surface area contributed by atoms with E-state index in [2.05, 4.69) is 21.2 Å². The molecule has 4 nitrogen and oxygen atoms in total. The Morgan fingerprint density at radius 3 is 3.06 bits per heavy atom. The molecule has 2 rings (SSSR count). The summed E-state index contributed by atoms with van der Waals surface area (Å²) in [4.78, 5) is 2.33. The number of nitrogens with two attached hydrogens (primary N) is 1. The summed E-state index contributed by atoms with van der Waals surface area (Å²) < 4.78 is 0. The largest absolute Gasteiger partial charge is 0.351 e. The van der Waals surface area contributed by atoms with Gasteiger partial charge in [-0.2, -0.15) is 5.10 Å². The van der Waals surface area contributed by atoms with Crippen molar-refractivity contribution in [2.45, 2.75) is 38.6 Å². The molecule has 2 N–H and O–H groups in total. The topological polar surface area (TPSA) is 55.0 Å². The van der Waals surface area contributed by atoms with Crippen LogP contribution in [0.5, 0.6) is 0 Å². The molecule has 1 atom stereocenters. The van der Waals surface area contributed by atoms with E-state index in [-0.39, 0.29) is 0 Å².